The maximum atomic E-state index is 13.9. The Morgan fingerprint density at radius 2 is 2.06 bits per heavy atom. The SMILES string of the molecule is CN(C)[C@H](CNC(=O)CC[C@@]1(C(F)(F)F)C[C@@H]1c1cccnc1)Cc1ccc2[nH]c(=O)ccc2c1. The average Bonchev–Trinajstić information content (AvgIpc) is 3.57. The van der Waals surface area contributed by atoms with Crippen molar-refractivity contribution in [1.29, 1.82) is 0 Å². The maximum absolute atomic E-state index is 13.9. The second kappa shape index (κ2) is 9.81. The number of nitrogens with zero attached hydrogens (tertiary/aromatic N) is 2. The van der Waals surface area contributed by atoms with Crippen LogP contribution in [0.25, 0.3) is 10.9 Å². The van der Waals surface area contributed by atoms with Crippen LogP contribution in [0.1, 0.15) is 36.3 Å². The van der Waals surface area contributed by atoms with E-state index < -0.39 is 17.5 Å². The second-order valence-corrected chi connectivity index (χ2v) is 9.57. The Balaban J connectivity index is 1.35. The molecule has 1 aromatic carbocycles. The van der Waals surface area contributed by atoms with E-state index in [0.29, 0.717) is 18.5 Å². The first kappa shape index (κ1) is 24.9. The Kier molecular flexibility index (Phi) is 6.98. The number of aromatic amines is 1. The summed E-state index contributed by atoms with van der Waals surface area (Å²) in [5.41, 5.74) is 0.326. The first-order valence-electron chi connectivity index (χ1n) is 11.6. The molecule has 3 aromatic rings. The van der Waals surface area contributed by atoms with Gasteiger partial charge in [-0.05, 0) is 74.1 Å². The molecule has 2 aromatic heterocycles. The molecule has 3 atom stereocenters. The third kappa shape index (κ3) is 5.56. The minimum atomic E-state index is -4.37. The number of H-pyrrole nitrogens is 1. The van der Waals surface area contributed by atoms with E-state index in [4.69, 9.17) is 0 Å². The van der Waals surface area contributed by atoms with Crippen molar-refractivity contribution in [2.75, 3.05) is 20.6 Å². The topological polar surface area (TPSA) is 78.1 Å². The summed E-state index contributed by atoms with van der Waals surface area (Å²) in [6.07, 6.45) is -1.16. The molecule has 1 fully saturated rings. The number of likely N-dealkylation sites (N-methyl/N-ethyl adjacent to an activating group) is 1. The number of pyridine rings is 2. The van der Waals surface area contributed by atoms with Crippen molar-refractivity contribution in [1.82, 2.24) is 20.2 Å². The fourth-order valence-electron chi connectivity index (χ4n) is 4.75. The van der Waals surface area contributed by atoms with Crippen LogP contribution in [0, 0.1) is 5.41 Å². The van der Waals surface area contributed by atoms with Crippen LogP contribution in [0.2, 0.25) is 0 Å². The van der Waals surface area contributed by atoms with Crippen LogP contribution in [0.5, 0.6) is 0 Å². The lowest BCUT2D eigenvalue weighted by Gasteiger charge is -2.25. The van der Waals surface area contributed by atoms with Crippen LogP contribution in [-0.4, -0.2) is 53.6 Å². The lowest BCUT2D eigenvalue weighted by atomic mass is 9.93. The van der Waals surface area contributed by atoms with E-state index in [1.54, 1.807) is 18.2 Å². The molecule has 9 heteroatoms. The minimum absolute atomic E-state index is 0.0109. The van der Waals surface area contributed by atoms with Crippen molar-refractivity contribution in [3.63, 3.8) is 0 Å². The fourth-order valence-corrected chi connectivity index (χ4v) is 4.75. The van der Waals surface area contributed by atoms with E-state index in [1.165, 1.54) is 18.5 Å². The Labute approximate surface area is 201 Å². The first-order chi connectivity index (χ1) is 16.6. The molecular formula is C26H29F3N4O2. The number of halogens is 3. The first-order valence-corrected chi connectivity index (χ1v) is 11.6. The number of alkyl halides is 3. The Morgan fingerprint density at radius 3 is 2.74 bits per heavy atom. The van der Waals surface area contributed by atoms with Gasteiger partial charge in [-0.2, -0.15) is 13.2 Å². The average molecular weight is 487 g/mol. The molecule has 1 aliphatic carbocycles. The molecule has 1 amide bonds. The third-order valence-corrected chi connectivity index (χ3v) is 7.05. The zero-order chi connectivity index (χ0) is 25.2. The van der Waals surface area contributed by atoms with Gasteiger partial charge in [0.15, 0.2) is 0 Å². The Bertz CT molecular complexity index is 1240. The van der Waals surface area contributed by atoms with Gasteiger partial charge in [-0.25, -0.2) is 0 Å². The van der Waals surface area contributed by atoms with Gasteiger partial charge in [-0.1, -0.05) is 12.1 Å². The lowest BCUT2D eigenvalue weighted by Crippen LogP contribution is -2.42. The zero-order valence-corrected chi connectivity index (χ0v) is 19.7. The third-order valence-electron chi connectivity index (χ3n) is 7.05. The molecular weight excluding hydrogens is 457 g/mol. The number of nitrogens with one attached hydrogen (secondary N) is 2. The summed E-state index contributed by atoms with van der Waals surface area (Å²) < 4.78 is 41.7. The summed E-state index contributed by atoms with van der Waals surface area (Å²) >= 11 is 0. The van der Waals surface area contributed by atoms with Gasteiger partial charge >= 0.3 is 6.18 Å². The number of rotatable bonds is 9. The minimum Gasteiger partial charge on any atom is -0.355 e. The summed E-state index contributed by atoms with van der Waals surface area (Å²) in [5, 5.41) is 3.74. The van der Waals surface area contributed by atoms with E-state index in [9.17, 15) is 22.8 Å². The van der Waals surface area contributed by atoms with Gasteiger partial charge in [0.2, 0.25) is 11.5 Å². The highest BCUT2D eigenvalue weighted by Gasteiger charge is 2.70. The molecule has 2 N–H and O–H groups in total. The summed E-state index contributed by atoms with van der Waals surface area (Å²) in [4.78, 5) is 32.7. The molecule has 0 spiro atoms. The molecule has 0 radical (unpaired) electrons. The van der Waals surface area contributed by atoms with Crippen LogP contribution in [-0.2, 0) is 11.2 Å². The Hall–Kier alpha value is -3.20. The number of amides is 1. The molecule has 0 unspecified atom stereocenters. The van der Waals surface area contributed by atoms with E-state index in [-0.39, 0.29) is 36.8 Å². The summed E-state index contributed by atoms with van der Waals surface area (Å²) in [7, 11) is 3.80. The largest absolute Gasteiger partial charge is 0.395 e. The van der Waals surface area contributed by atoms with E-state index in [2.05, 4.69) is 15.3 Å². The van der Waals surface area contributed by atoms with E-state index in [0.717, 1.165) is 16.5 Å². The van der Waals surface area contributed by atoms with E-state index in [1.807, 2.05) is 37.2 Å². The zero-order valence-electron chi connectivity index (χ0n) is 19.7. The monoisotopic (exact) mass is 486 g/mol. The molecule has 186 valence electrons. The number of aromatic nitrogens is 2. The van der Waals surface area contributed by atoms with Gasteiger partial charge in [-0.3, -0.25) is 14.6 Å². The highest BCUT2D eigenvalue weighted by Crippen LogP contribution is 2.69. The van der Waals surface area contributed by atoms with Gasteiger partial charge in [0.05, 0.1) is 5.41 Å². The second-order valence-electron chi connectivity index (χ2n) is 9.57. The molecule has 0 aliphatic heterocycles. The molecule has 0 saturated heterocycles. The van der Waals surface area contributed by atoms with Gasteiger partial charge in [0.1, 0.15) is 0 Å². The quantitative estimate of drug-likeness (QED) is 0.479. The van der Waals surface area contributed by atoms with Crippen molar-refractivity contribution in [2.45, 2.75) is 43.8 Å². The van der Waals surface area contributed by atoms with Crippen LogP contribution in [0.15, 0.2) is 59.7 Å². The standard InChI is InChI=1S/C26H29F3N4O2/c1-33(2)20(13-17-5-7-22-18(12-17)6-8-24(35)32-22)16-31-23(34)9-10-25(26(27,28)29)14-21(25)19-4-3-11-30-15-19/h3-8,11-12,15,20-21H,9-10,13-14,16H2,1-2H3,(H,31,34)(H,32,35)/t20-,21+,25+/m0/s1. The molecule has 1 saturated carbocycles. The molecule has 0 bridgehead atoms. The predicted octanol–water partition coefficient (Wildman–Crippen LogP) is 4.03. The van der Waals surface area contributed by atoms with Gasteiger partial charge in [0.25, 0.3) is 0 Å². The molecule has 6 nitrogen and oxygen atoms in total. The number of fused-ring (bicyclic) bond motifs is 1. The summed E-state index contributed by atoms with van der Waals surface area (Å²) in [5.74, 6) is -1.03. The van der Waals surface area contributed by atoms with Crippen LogP contribution < -0.4 is 10.9 Å². The van der Waals surface area contributed by atoms with Crippen LogP contribution >= 0.6 is 0 Å². The normalized spacial score (nSPS) is 20.7. The maximum Gasteiger partial charge on any atom is 0.395 e. The molecule has 1 aliphatic rings. The summed E-state index contributed by atoms with van der Waals surface area (Å²) in [6.45, 7) is 0.320. The number of hydrogen-bond donors (Lipinski definition) is 2. The smallest absolute Gasteiger partial charge is 0.355 e. The number of hydrogen-bond acceptors (Lipinski definition) is 4. The number of benzene rings is 1. The highest BCUT2D eigenvalue weighted by molar-refractivity contribution is 5.79. The summed E-state index contributed by atoms with van der Waals surface area (Å²) in [6, 6.07) is 12.3. The molecule has 2 heterocycles. The van der Waals surface area contributed by atoms with Gasteiger partial charge in [-0.15, -0.1) is 0 Å². The Morgan fingerprint density at radius 1 is 1.26 bits per heavy atom. The van der Waals surface area contributed by atoms with Crippen molar-refractivity contribution in [2.24, 2.45) is 5.41 Å². The predicted molar refractivity (Wildman–Crippen MR) is 128 cm³/mol. The van der Waals surface area contributed by atoms with E-state index >= 15 is 0 Å². The van der Waals surface area contributed by atoms with Crippen molar-refractivity contribution < 1.29 is 18.0 Å². The number of carbonyl (C=O) groups is 1. The molecule has 35 heavy (non-hydrogen) atoms. The van der Waals surface area contributed by atoms with Crippen LogP contribution in [0.3, 0.4) is 0 Å². The highest BCUT2D eigenvalue weighted by atomic mass is 19.4. The van der Waals surface area contributed by atoms with Gasteiger partial charge in [0, 0.05) is 48.9 Å². The van der Waals surface area contributed by atoms with Crippen LogP contribution in [0.4, 0.5) is 13.2 Å². The van der Waals surface area contributed by atoms with Crippen molar-refractivity contribution in [3.05, 3.63) is 76.3 Å². The van der Waals surface area contributed by atoms with Gasteiger partial charge < -0.3 is 15.2 Å². The fraction of sp³-hybridized carbons (Fsp3) is 0.423. The number of carbonyl (C=O) groups excluding carboxylic acids is 1. The molecule has 4 rings (SSSR count). The van der Waals surface area contributed by atoms with Crippen molar-refractivity contribution in [3.8, 4) is 0 Å². The van der Waals surface area contributed by atoms with Crippen molar-refractivity contribution >= 4 is 16.8 Å². The lowest BCUT2D eigenvalue weighted by molar-refractivity contribution is -0.191.